The summed E-state index contributed by atoms with van der Waals surface area (Å²) in [5, 5.41) is 11.9. The van der Waals surface area contributed by atoms with Crippen molar-refractivity contribution in [1.29, 1.82) is 0 Å². The smallest absolute Gasteiger partial charge is 0.330 e. The topological polar surface area (TPSA) is 69.6 Å². The lowest BCUT2D eigenvalue weighted by Crippen LogP contribution is -2.45. The molecule has 0 saturated carbocycles. The van der Waals surface area contributed by atoms with Crippen molar-refractivity contribution in [3.8, 4) is 0 Å². The molecule has 0 spiro atoms. The summed E-state index contributed by atoms with van der Waals surface area (Å²) in [7, 11) is 1.69. The third-order valence-electron chi connectivity index (χ3n) is 3.44. The molecular formula is C16H24N2O3. The molecule has 0 aromatic heterocycles. The quantitative estimate of drug-likeness (QED) is 0.847. The summed E-state index contributed by atoms with van der Waals surface area (Å²) >= 11 is 0. The van der Waals surface area contributed by atoms with Crippen LogP contribution in [0.5, 0.6) is 0 Å². The molecule has 0 aliphatic rings. The second kappa shape index (κ2) is 7.67. The standard InChI is InChI=1S/C16H24N2O3/c1-11(2)10-12(3)18(4)16(21)17-14(15(19)20)13-8-6-5-7-9-13/h5-9,11-12,14H,10H2,1-4H3,(H,17,21)(H,19,20)/t12?,14-/m1/s1. The fourth-order valence-electron chi connectivity index (χ4n) is 2.20. The number of hydrogen-bond acceptors (Lipinski definition) is 2. The van der Waals surface area contributed by atoms with Gasteiger partial charge in [-0.25, -0.2) is 9.59 Å². The van der Waals surface area contributed by atoms with Crippen LogP contribution in [0.15, 0.2) is 30.3 Å². The third kappa shape index (κ3) is 5.10. The highest BCUT2D eigenvalue weighted by molar-refractivity contribution is 5.83. The van der Waals surface area contributed by atoms with E-state index in [0.717, 1.165) is 6.42 Å². The number of benzene rings is 1. The molecule has 0 heterocycles. The Balaban J connectivity index is 2.76. The lowest BCUT2D eigenvalue weighted by atomic mass is 10.0. The second-order valence-electron chi connectivity index (χ2n) is 5.72. The number of nitrogens with one attached hydrogen (secondary N) is 1. The zero-order chi connectivity index (χ0) is 16.0. The molecule has 1 aromatic rings. The van der Waals surface area contributed by atoms with Gasteiger partial charge in [-0.3, -0.25) is 0 Å². The van der Waals surface area contributed by atoms with E-state index in [-0.39, 0.29) is 12.1 Å². The molecule has 1 unspecified atom stereocenters. The molecule has 1 aromatic carbocycles. The minimum absolute atomic E-state index is 0.0511. The number of hydrogen-bond donors (Lipinski definition) is 2. The van der Waals surface area contributed by atoms with Gasteiger partial charge >= 0.3 is 12.0 Å². The van der Waals surface area contributed by atoms with Crippen LogP contribution in [0.4, 0.5) is 4.79 Å². The zero-order valence-electron chi connectivity index (χ0n) is 13.0. The number of urea groups is 1. The van der Waals surface area contributed by atoms with Gasteiger partial charge in [0.2, 0.25) is 0 Å². The van der Waals surface area contributed by atoms with Crippen molar-refractivity contribution in [3.63, 3.8) is 0 Å². The Morgan fingerprint density at radius 2 is 1.76 bits per heavy atom. The molecule has 2 atom stereocenters. The molecule has 0 radical (unpaired) electrons. The van der Waals surface area contributed by atoms with Crippen molar-refractivity contribution in [3.05, 3.63) is 35.9 Å². The third-order valence-corrected chi connectivity index (χ3v) is 3.44. The van der Waals surface area contributed by atoms with Crippen molar-refractivity contribution in [1.82, 2.24) is 10.2 Å². The number of aliphatic carboxylic acids is 1. The van der Waals surface area contributed by atoms with E-state index >= 15 is 0 Å². The number of rotatable bonds is 6. The summed E-state index contributed by atoms with van der Waals surface area (Å²) < 4.78 is 0. The Labute approximate surface area is 126 Å². The molecular weight excluding hydrogens is 268 g/mol. The fourth-order valence-corrected chi connectivity index (χ4v) is 2.20. The van der Waals surface area contributed by atoms with Crippen molar-refractivity contribution >= 4 is 12.0 Å². The molecule has 21 heavy (non-hydrogen) atoms. The Hall–Kier alpha value is -2.04. The fraction of sp³-hybridized carbons (Fsp3) is 0.500. The van der Waals surface area contributed by atoms with Gasteiger partial charge in [0.15, 0.2) is 6.04 Å². The lowest BCUT2D eigenvalue weighted by Gasteiger charge is -2.28. The lowest BCUT2D eigenvalue weighted by molar-refractivity contribution is -0.139. The minimum Gasteiger partial charge on any atom is -0.479 e. The Morgan fingerprint density at radius 1 is 1.19 bits per heavy atom. The first-order valence-electron chi connectivity index (χ1n) is 7.14. The number of carbonyl (C=O) groups excluding carboxylic acids is 1. The highest BCUT2D eigenvalue weighted by Gasteiger charge is 2.25. The molecule has 0 bridgehead atoms. The van der Waals surface area contributed by atoms with Crippen LogP contribution in [0.2, 0.25) is 0 Å². The Kier molecular flexibility index (Phi) is 6.21. The normalized spacial score (nSPS) is 13.6. The maximum Gasteiger partial charge on any atom is 0.330 e. The summed E-state index contributed by atoms with van der Waals surface area (Å²) in [6.07, 6.45) is 0.868. The van der Waals surface area contributed by atoms with Crippen molar-refractivity contribution in [2.75, 3.05) is 7.05 Å². The van der Waals surface area contributed by atoms with Gasteiger partial charge in [0.05, 0.1) is 0 Å². The maximum atomic E-state index is 12.2. The van der Waals surface area contributed by atoms with E-state index in [1.54, 1.807) is 42.3 Å². The summed E-state index contributed by atoms with van der Waals surface area (Å²) in [6, 6.07) is 7.33. The van der Waals surface area contributed by atoms with E-state index in [9.17, 15) is 14.7 Å². The highest BCUT2D eigenvalue weighted by Crippen LogP contribution is 2.15. The van der Waals surface area contributed by atoms with Gasteiger partial charge in [-0.2, -0.15) is 0 Å². The second-order valence-corrected chi connectivity index (χ2v) is 5.72. The van der Waals surface area contributed by atoms with E-state index in [0.29, 0.717) is 11.5 Å². The van der Waals surface area contributed by atoms with Gasteiger partial charge in [-0.05, 0) is 24.8 Å². The van der Waals surface area contributed by atoms with E-state index in [2.05, 4.69) is 19.2 Å². The molecule has 0 saturated heterocycles. The van der Waals surface area contributed by atoms with Gasteiger partial charge in [-0.15, -0.1) is 0 Å². The largest absolute Gasteiger partial charge is 0.479 e. The van der Waals surface area contributed by atoms with Gasteiger partial charge in [0.1, 0.15) is 0 Å². The zero-order valence-corrected chi connectivity index (χ0v) is 13.0. The van der Waals surface area contributed by atoms with Gasteiger partial charge in [-0.1, -0.05) is 44.2 Å². The van der Waals surface area contributed by atoms with Gasteiger partial charge in [0.25, 0.3) is 0 Å². The first-order valence-corrected chi connectivity index (χ1v) is 7.14. The summed E-state index contributed by atoms with van der Waals surface area (Å²) in [4.78, 5) is 25.1. The van der Waals surface area contributed by atoms with Crippen molar-refractivity contribution in [2.24, 2.45) is 5.92 Å². The highest BCUT2D eigenvalue weighted by atomic mass is 16.4. The molecule has 5 nitrogen and oxygen atoms in total. The van der Waals surface area contributed by atoms with Gasteiger partial charge < -0.3 is 15.3 Å². The van der Waals surface area contributed by atoms with Crippen LogP contribution >= 0.6 is 0 Å². The molecule has 2 N–H and O–H groups in total. The number of carboxylic acids is 1. The molecule has 1 rings (SSSR count). The molecule has 2 amide bonds. The van der Waals surface area contributed by atoms with Crippen LogP contribution in [0.3, 0.4) is 0 Å². The van der Waals surface area contributed by atoms with Crippen molar-refractivity contribution in [2.45, 2.75) is 39.3 Å². The molecule has 5 heteroatoms. The molecule has 0 aliphatic carbocycles. The minimum atomic E-state index is -1.07. The van der Waals surface area contributed by atoms with Crippen LogP contribution in [-0.2, 0) is 4.79 Å². The SMILES string of the molecule is CC(C)CC(C)N(C)C(=O)N[C@@H](C(=O)O)c1ccccc1. The predicted molar refractivity (Wildman–Crippen MR) is 82.0 cm³/mol. The number of carbonyl (C=O) groups is 2. The Bertz CT molecular complexity index is 474. The first-order chi connectivity index (χ1) is 9.82. The van der Waals surface area contributed by atoms with Crippen LogP contribution in [-0.4, -0.2) is 35.1 Å². The summed E-state index contributed by atoms with van der Waals surface area (Å²) in [5.41, 5.74) is 0.559. The number of nitrogens with zero attached hydrogens (tertiary/aromatic N) is 1. The van der Waals surface area contributed by atoms with Crippen LogP contribution in [0.25, 0.3) is 0 Å². The van der Waals surface area contributed by atoms with E-state index in [4.69, 9.17) is 0 Å². The monoisotopic (exact) mass is 292 g/mol. The summed E-state index contributed by atoms with van der Waals surface area (Å²) in [6.45, 7) is 6.14. The average molecular weight is 292 g/mol. The molecule has 0 aliphatic heterocycles. The molecule has 116 valence electrons. The maximum absolute atomic E-state index is 12.2. The Morgan fingerprint density at radius 3 is 2.24 bits per heavy atom. The van der Waals surface area contributed by atoms with E-state index in [1.165, 1.54) is 0 Å². The molecule has 0 fully saturated rings. The predicted octanol–water partition coefficient (Wildman–Crippen LogP) is 2.89. The summed E-state index contributed by atoms with van der Waals surface area (Å²) in [5.74, 6) is -0.598. The van der Waals surface area contributed by atoms with Crippen LogP contribution < -0.4 is 5.32 Å². The van der Waals surface area contributed by atoms with E-state index < -0.39 is 12.0 Å². The van der Waals surface area contributed by atoms with Crippen molar-refractivity contribution < 1.29 is 14.7 Å². The van der Waals surface area contributed by atoms with Gasteiger partial charge in [0, 0.05) is 13.1 Å². The van der Waals surface area contributed by atoms with Crippen LogP contribution in [0.1, 0.15) is 38.8 Å². The van der Waals surface area contributed by atoms with E-state index in [1.807, 2.05) is 6.92 Å². The van der Waals surface area contributed by atoms with Crippen LogP contribution in [0, 0.1) is 5.92 Å². The number of amides is 2. The number of carboxylic acid groups (broad SMARTS) is 1. The average Bonchev–Trinajstić information content (AvgIpc) is 2.43. The first kappa shape index (κ1) is 17.0.